The average Bonchev–Trinajstić information content (AvgIpc) is 2.65. The Morgan fingerprint density at radius 2 is 2.00 bits per heavy atom. The van der Waals surface area contributed by atoms with E-state index in [-0.39, 0.29) is 11.3 Å². The first-order chi connectivity index (χ1) is 12.9. The number of amides is 2. The molecule has 148 valence electrons. The van der Waals surface area contributed by atoms with Crippen LogP contribution in [0.5, 0.6) is 0 Å². The maximum Gasteiger partial charge on any atom is 0.411 e. The third-order valence-corrected chi connectivity index (χ3v) is 4.95. The number of piperidine rings is 1. The molecule has 7 heteroatoms. The number of likely N-dealkylation sites (tertiary alicyclic amines) is 1. The highest BCUT2D eigenvalue weighted by Gasteiger charge is 2.41. The fourth-order valence-electron chi connectivity index (χ4n) is 3.05. The lowest BCUT2D eigenvalue weighted by Crippen LogP contribution is -2.50. The van der Waals surface area contributed by atoms with Crippen molar-refractivity contribution in [3.05, 3.63) is 29.8 Å². The number of carbonyl (C=O) groups is 2. The highest BCUT2D eigenvalue weighted by atomic mass is 16.6. The van der Waals surface area contributed by atoms with Crippen LogP contribution in [0.3, 0.4) is 0 Å². The number of oxime groups is 1. The van der Waals surface area contributed by atoms with E-state index in [0.717, 1.165) is 18.4 Å². The van der Waals surface area contributed by atoms with Gasteiger partial charge in [0, 0.05) is 24.2 Å². The fourth-order valence-corrected chi connectivity index (χ4v) is 3.05. The summed E-state index contributed by atoms with van der Waals surface area (Å²) in [5.74, 6) is -0.120. The molecule has 27 heavy (non-hydrogen) atoms. The van der Waals surface area contributed by atoms with Gasteiger partial charge in [-0.3, -0.25) is 10.1 Å². The Hall–Kier alpha value is -2.57. The van der Waals surface area contributed by atoms with E-state index < -0.39 is 6.09 Å². The molecular formula is C20H29N3O4. The highest BCUT2D eigenvalue weighted by Crippen LogP contribution is 2.34. The summed E-state index contributed by atoms with van der Waals surface area (Å²) in [6.07, 6.45) is 1.13. The van der Waals surface area contributed by atoms with Gasteiger partial charge in [-0.1, -0.05) is 37.2 Å². The summed E-state index contributed by atoms with van der Waals surface area (Å²) < 4.78 is 4.95. The molecule has 0 saturated carbocycles. The summed E-state index contributed by atoms with van der Waals surface area (Å²) in [5, 5.41) is 6.86. The molecule has 2 rings (SSSR count). The third kappa shape index (κ3) is 4.99. The van der Waals surface area contributed by atoms with E-state index in [4.69, 9.17) is 9.57 Å². The molecule has 1 aliphatic heterocycles. The molecule has 1 atom stereocenters. The van der Waals surface area contributed by atoms with Crippen LogP contribution in [-0.4, -0.2) is 42.4 Å². The van der Waals surface area contributed by atoms with Gasteiger partial charge < -0.3 is 14.5 Å². The number of carbonyl (C=O) groups excluding carboxylic acids is 2. The number of para-hydroxylation sites is 1. The van der Waals surface area contributed by atoms with Crippen LogP contribution in [0.1, 0.15) is 46.1 Å². The maximum atomic E-state index is 13.0. The molecule has 7 nitrogen and oxygen atoms in total. The van der Waals surface area contributed by atoms with Gasteiger partial charge in [-0.05, 0) is 38.3 Å². The predicted octanol–water partition coefficient (Wildman–Crippen LogP) is 3.80. The molecule has 1 aromatic rings. The Morgan fingerprint density at radius 1 is 1.26 bits per heavy atom. The summed E-state index contributed by atoms with van der Waals surface area (Å²) in [5.41, 5.74) is 1.66. The first-order valence-corrected chi connectivity index (χ1v) is 9.46. The van der Waals surface area contributed by atoms with Crippen molar-refractivity contribution in [1.82, 2.24) is 4.90 Å². The zero-order valence-electron chi connectivity index (χ0n) is 16.6. The van der Waals surface area contributed by atoms with Gasteiger partial charge in [0.05, 0.1) is 6.61 Å². The van der Waals surface area contributed by atoms with E-state index in [9.17, 15) is 9.59 Å². The number of ether oxygens (including phenoxy) is 1. The van der Waals surface area contributed by atoms with E-state index in [1.54, 1.807) is 17.9 Å². The Bertz CT molecular complexity index is 704. The molecule has 2 amide bonds. The summed E-state index contributed by atoms with van der Waals surface area (Å²) in [6, 6.07) is 7.40. The monoisotopic (exact) mass is 375 g/mol. The molecule has 1 fully saturated rings. The molecule has 0 bridgehead atoms. The van der Waals surface area contributed by atoms with Crippen molar-refractivity contribution in [2.45, 2.75) is 47.1 Å². The summed E-state index contributed by atoms with van der Waals surface area (Å²) >= 11 is 0. The number of anilines is 1. The number of nitrogens with zero attached hydrogens (tertiary/aromatic N) is 2. The van der Waals surface area contributed by atoms with Gasteiger partial charge in [-0.15, -0.1) is 0 Å². The number of nitrogens with one attached hydrogen (secondary N) is 1. The lowest BCUT2D eigenvalue weighted by molar-refractivity contribution is -0.127. The quantitative estimate of drug-likeness (QED) is 0.735. The molecule has 1 aliphatic rings. The Kier molecular flexibility index (Phi) is 7.21. The van der Waals surface area contributed by atoms with Gasteiger partial charge in [0.1, 0.15) is 6.61 Å². The zero-order chi connectivity index (χ0) is 19.9. The molecule has 0 radical (unpaired) electrons. The molecule has 0 spiro atoms. The minimum Gasteiger partial charge on any atom is -0.450 e. The van der Waals surface area contributed by atoms with Crippen molar-refractivity contribution in [1.29, 1.82) is 0 Å². The van der Waals surface area contributed by atoms with Crippen LogP contribution in [0.2, 0.25) is 0 Å². The van der Waals surface area contributed by atoms with Crippen molar-refractivity contribution in [2.24, 2.45) is 10.6 Å². The molecule has 1 saturated heterocycles. The molecule has 1 N–H and O–H groups in total. The van der Waals surface area contributed by atoms with E-state index in [0.29, 0.717) is 37.7 Å². The molecule has 1 heterocycles. The van der Waals surface area contributed by atoms with Crippen molar-refractivity contribution in [3.63, 3.8) is 0 Å². The standard InChI is InChI=1S/C20H29N3O4/c1-5-20(4)12-13-23(18(24)17(20)22-27-7-3)14-15-10-8-9-11-16(15)21-19(25)26-6-2/h8-11H,5-7,12-14H2,1-4H3,(H,21,25)/b22-17-. The minimum atomic E-state index is -0.507. The summed E-state index contributed by atoms with van der Waals surface area (Å²) in [7, 11) is 0. The second-order valence-electron chi connectivity index (χ2n) is 6.75. The van der Waals surface area contributed by atoms with E-state index in [1.165, 1.54) is 0 Å². The third-order valence-electron chi connectivity index (χ3n) is 4.95. The SMILES string of the molecule is CCO/N=C1/C(=O)N(Cc2ccccc2NC(=O)OCC)CCC1(C)CC. The molecule has 0 aliphatic carbocycles. The van der Waals surface area contributed by atoms with Crippen LogP contribution < -0.4 is 5.32 Å². The molecule has 1 aromatic carbocycles. The second kappa shape index (κ2) is 9.39. The maximum absolute atomic E-state index is 13.0. The molecular weight excluding hydrogens is 346 g/mol. The van der Waals surface area contributed by atoms with Gasteiger partial charge in [0.2, 0.25) is 0 Å². The highest BCUT2D eigenvalue weighted by molar-refractivity contribution is 6.41. The smallest absolute Gasteiger partial charge is 0.411 e. The van der Waals surface area contributed by atoms with E-state index in [1.807, 2.05) is 25.1 Å². The fraction of sp³-hybridized carbons (Fsp3) is 0.550. The Labute approximate surface area is 160 Å². The Morgan fingerprint density at radius 3 is 2.67 bits per heavy atom. The van der Waals surface area contributed by atoms with E-state index >= 15 is 0 Å². The average molecular weight is 375 g/mol. The summed E-state index contributed by atoms with van der Waals surface area (Å²) in [4.78, 5) is 31.8. The van der Waals surface area contributed by atoms with Crippen molar-refractivity contribution < 1.29 is 19.2 Å². The van der Waals surface area contributed by atoms with Crippen LogP contribution in [0.15, 0.2) is 29.4 Å². The van der Waals surface area contributed by atoms with Gasteiger partial charge in [0.25, 0.3) is 5.91 Å². The van der Waals surface area contributed by atoms with Gasteiger partial charge >= 0.3 is 6.09 Å². The summed E-state index contributed by atoms with van der Waals surface area (Å²) in [6.45, 7) is 9.43. The minimum absolute atomic E-state index is 0.120. The lowest BCUT2D eigenvalue weighted by Gasteiger charge is -2.39. The number of benzene rings is 1. The van der Waals surface area contributed by atoms with Crippen LogP contribution in [0, 0.1) is 5.41 Å². The largest absolute Gasteiger partial charge is 0.450 e. The topological polar surface area (TPSA) is 80.2 Å². The first kappa shape index (κ1) is 20.7. The van der Waals surface area contributed by atoms with Gasteiger partial charge in [-0.2, -0.15) is 0 Å². The van der Waals surface area contributed by atoms with Crippen LogP contribution in [0.4, 0.5) is 10.5 Å². The van der Waals surface area contributed by atoms with Crippen molar-refractivity contribution in [3.8, 4) is 0 Å². The normalized spacial score (nSPS) is 21.3. The van der Waals surface area contributed by atoms with Crippen molar-refractivity contribution in [2.75, 3.05) is 25.1 Å². The van der Waals surface area contributed by atoms with Crippen LogP contribution in [-0.2, 0) is 20.9 Å². The lowest BCUT2D eigenvalue weighted by atomic mass is 9.76. The van der Waals surface area contributed by atoms with Gasteiger partial charge in [-0.25, -0.2) is 4.79 Å². The first-order valence-electron chi connectivity index (χ1n) is 9.46. The zero-order valence-corrected chi connectivity index (χ0v) is 16.6. The van der Waals surface area contributed by atoms with Crippen LogP contribution >= 0.6 is 0 Å². The van der Waals surface area contributed by atoms with Gasteiger partial charge in [0.15, 0.2) is 5.71 Å². The Balaban J connectivity index is 2.21. The van der Waals surface area contributed by atoms with E-state index in [2.05, 4.69) is 24.3 Å². The number of hydrogen-bond acceptors (Lipinski definition) is 5. The number of hydrogen-bond donors (Lipinski definition) is 1. The van der Waals surface area contributed by atoms with Crippen molar-refractivity contribution >= 4 is 23.4 Å². The molecule has 1 unspecified atom stereocenters. The number of rotatable bonds is 7. The second-order valence-corrected chi connectivity index (χ2v) is 6.75. The van der Waals surface area contributed by atoms with Crippen LogP contribution in [0.25, 0.3) is 0 Å². The predicted molar refractivity (Wildman–Crippen MR) is 105 cm³/mol. The molecule has 0 aromatic heterocycles.